The zero-order valence-corrected chi connectivity index (χ0v) is 10.3. The molecule has 88 valence electrons. The van der Waals surface area contributed by atoms with Crippen LogP contribution in [0, 0.1) is 5.82 Å². The Labute approximate surface area is 106 Å². The summed E-state index contributed by atoms with van der Waals surface area (Å²) in [6.07, 6.45) is 1.50. The third-order valence-corrected chi connectivity index (χ3v) is 2.58. The summed E-state index contributed by atoms with van der Waals surface area (Å²) < 4.78 is 19.4. The Balaban J connectivity index is 2.27. The van der Waals surface area contributed by atoms with E-state index < -0.39 is 5.82 Å². The number of rotatable bonds is 3. The van der Waals surface area contributed by atoms with E-state index >= 15 is 0 Å². The van der Waals surface area contributed by atoms with Crippen molar-refractivity contribution in [2.75, 3.05) is 0 Å². The minimum Gasteiger partial charge on any atom is -0.436 e. The molecule has 0 amide bonds. The van der Waals surface area contributed by atoms with Crippen molar-refractivity contribution in [2.45, 2.75) is 6.61 Å². The molecule has 2 aromatic rings. The van der Waals surface area contributed by atoms with Crippen LogP contribution < -0.4 is 4.74 Å². The van der Waals surface area contributed by atoms with Crippen LogP contribution in [0.1, 0.15) is 5.56 Å². The van der Waals surface area contributed by atoms with E-state index in [2.05, 4.69) is 20.9 Å². The minimum atomic E-state index is -0.468. The van der Waals surface area contributed by atoms with Crippen LogP contribution in [-0.2, 0) is 6.61 Å². The summed E-state index contributed by atoms with van der Waals surface area (Å²) in [5.41, 5.74) is 0.658. The van der Waals surface area contributed by atoms with Gasteiger partial charge in [0.1, 0.15) is 0 Å². The minimum absolute atomic E-state index is 0.0852. The number of halogens is 2. The molecule has 0 atom stereocenters. The van der Waals surface area contributed by atoms with Crippen LogP contribution >= 0.6 is 15.9 Å². The molecular formula is C12H9BrFNO2. The van der Waals surface area contributed by atoms with Crippen molar-refractivity contribution in [3.05, 3.63) is 52.4 Å². The fraction of sp³-hybridized carbons (Fsp3) is 0.0833. The molecule has 0 saturated heterocycles. The predicted octanol–water partition coefficient (Wildman–Crippen LogP) is 3.27. The molecule has 0 aliphatic heterocycles. The zero-order valence-electron chi connectivity index (χ0n) is 8.73. The average Bonchev–Trinajstić information content (AvgIpc) is 2.34. The van der Waals surface area contributed by atoms with E-state index in [0.29, 0.717) is 10.0 Å². The van der Waals surface area contributed by atoms with Crippen molar-refractivity contribution < 1.29 is 14.2 Å². The van der Waals surface area contributed by atoms with Gasteiger partial charge in [-0.15, -0.1) is 0 Å². The predicted molar refractivity (Wildman–Crippen MR) is 64.3 cm³/mol. The van der Waals surface area contributed by atoms with Gasteiger partial charge in [0.05, 0.1) is 6.61 Å². The fourth-order valence-electron chi connectivity index (χ4n) is 1.27. The highest BCUT2D eigenvalue weighted by Crippen LogP contribution is 2.26. The lowest BCUT2D eigenvalue weighted by Crippen LogP contribution is -1.92. The van der Waals surface area contributed by atoms with Crippen molar-refractivity contribution in [1.82, 2.24) is 4.98 Å². The van der Waals surface area contributed by atoms with Crippen LogP contribution in [0.3, 0.4) is 0 Å². The van der Waals surface area contributed by atoms with Gasteiger partial charge < -0.3 is 9.84 Å². The Morgan fingerprint density at radius 1 is 1.29 bits per heavy atom. The molecule has 0 fully saturated rings. The molecule has 3 nitrogen and oxygen atoms in total. The lowest BCUT2D eigenvalue weighted by atomic mass is 10.3. The summed E-state index contributed by atoms with van der Waals surface area (Å²) in [4.78, 5) is 3.94. The van der Waals surface area contributed by atoms with Gasteiger partial charge in [0.2, 0.25) is 5.88 Å². The van der Waals surface area contributed by atoms with Gasteiger partial charge in [-0.2, -0.15) is 0 Å². The normalized spacial score (nSPS) is 10.3. The van der Waals surface area contributed by atoms with Crippen molar-refractivity contribution in [3.63, 3.8) is 0 Å². The highest BCUT2D eigenvalue weighted by molar-refractivity contribution is 9.10. The first-order valence-corrected chi connectivity index (χ1v) is 5.67. The summed E-state index contributed by atoms with van der Waals surface area (Å²) in [7, 11) is 0. The summed E-state index contributed by atoms with van der Waals surface area (Å²) >= 11 is 3.23. The van der Waals surface area contributed by atoms with Gasteiger partial charge in [0.25, 0.3) is 0 Å². The highest BCUT2D eigenvalue weighted by Gasteiger charge is 2.06. The molecule has 0 saturated carbocycles. The van der Waals surface area contributed by atoms with Crippen LogP contribution in [0.4, 0.5) is 4.39 Å². The van der Waals surface area contributed by atoms with Crippen molar-refractivity contribution >= 4 is 15.9 Å². The van der Waals surface area contributed by atoms with Gasteiger partial charge in [0.15, 0.2) is 11.6 Å². The molecule has 0 aliphatic rings. The quantitative estimate of drug-likeness (QED) is 0.945. The lowest BCUT2D eigenvalue weighted by molar-refractivity contribution is 0.281. The summed E-state index contributed by atoms with van der Waals surface area (Å²) in [5.74, 6) is -0.139. The van der Waals surface area contributed by atoms with Gasteiger partial charge in [-0.05, 0) is 29.8 Å². The van der Waals surface area contributed by atoms with Crippen LogP contribution in [-0.4, -0.2) is 10.1 Å². The first kappa shape index (κ1) is 12.0. The number of aliphatic hydroxyl groups excluding tert-OH is 1. The third kappa shape index (κ3) is 3.01. The van der Waals surface area contributed by atoms with Crippen LogP contribution in [0.5, 0.6) is 11.6 Å². The number of aromatic nitrogens is 1. The van der Waals surface area contributed by atoms with Gasteiger partial charge >= 0.3 is 0 Å². The van der Waals surface area contributed by atoms with E-state index in [4.69, 9.17) is 9.84 Å². The Morgan fingerprint density at radius 2 is 2.12 bits per heavy atom. The van der Waals surface area contributed by atoms with E-state index in [9.17, 15) is 4.39 Å². The molecule has 1 aromatic heterocycles. The van der Waals surface area contributed by atoms with E-state index in [1.54, 1.807) is 18.2 Å². The number of benzene rings is 1. The largest absolute Gasteiger partial charge is 0.436 e. The van der Waals surface area contributed by atoms with Crippen LogP contribution in [0.25, 0.3) is 0 Å². The summed E-state index contributed by atoms with van der Waals surface area (Å²) in [5, 5.41) is 8.96. The number of aliphatic hydroxyl groups is 1. The summed E-state index contributed by atoms with van der Waals surface area (Å²) in [6, 6.07) is 7.61. The number of hydrogen-bond acceptors (Lipinski definition) is 3. The first-order chi connectivity index (χ1) is 8.19. The second kappa shape index (κ2) is 5.25. The average molecular weight is 298 g/mol. The third-order valence-electron chi connectivity index (χ3n) is 2.09. The van der Waals surface area contributed by atoms with E-state index in [0.717, 1.165) is 0 Å². The summed E-state index contributed by atoms with van der Waals surface area (Å²) in [6.45, 7) is -0.111. The maximum Gasteiger partial charge on any atom is 0.219 e. The van der Waals surface area contributed by atoms with Crippen molar-refractivity contribution in [3.8, 4) is 11.6 Å². The monoisotopic (exact) mass is 297 g/mol. The van der Waals surface area contributed by atoms with E-state index in [1.165, 1.54) is 18.3 Å². The second-order valence-corrected chi connectivity index (χ2v) is 4.25. The Morgan fingerprint density at radius 3 is 2.88 bits per heavy atom. The standard InChI is InChI=1S/C12H9BrFNO2/c13-9-1-2-10(14)11(6-9)17-12-5-8(7-16)3-4-15-12/h1-6,16H,7H2. The molecule has 0 unspecified atom stereocenters. The fourth-order valence-corrected chi connectivity index (χ4v) is 1.61. The van der Waals surface area contributed by atoms with E-state index in [1.807, 2.05) is 0 Å². The zero-order chi connectivity index (χ0) is 12.3. The number of hydrogen-bond donors (Lipinski definition) is 1. The molecule has 0 aliphatic carbocycles. The molecule has 1 aromatic carbocycles. The van der Waals surface area contributed by atoms with Crippen LogP contribution in [0.2, 0.25) is 0 Å². The molecule has 0 bridgehead atoms. The molecular weight excluding hydrogens is 289 g/mol. The number of ether oxygens (including phenoxy) is 1. The topological polar surface area (TPSA) is 42.4 Å². The Bertz CT molecular complexity index is 534. The number of pyridine rings is 1. The second-order valence-electron chi connectivity index (χ2n) is 3.34. The van der Waals surface area contributed by atoms with Gasteiger partial charge in [-0.1, -0.05) is 15.9 Å². The van der Waals surface area contributed by atoms with Gasteiger partial charge in [0, 0.05) is 16.7 Å². The molecule has 5 heteroatoms. The van der Waals surface area contributed by atoms with Gasteiger partial charge in [-0.25, -0.2) is 9.37 Å². The highest BCUT2D eigenvalue weighted by atomic mass is 79.9. The van der Waals surface area contributed by atoms with Crippen molar-refractivity contribution in [2.24, 2.45) is 0 Å². The lowest BCUT2D eigenvalue weighted by Gasteiger charge is -2.06. The van der Waals surface area contributed by atoms with Gasteiger partial charge in [-0.3, -0.25) is 0 Å². The molecule has 0 radical (unpaired) electrons. The SMILES string of the molecule is OCc1ccnc(Oc2cc(Br)ccc2F)c1. The first-order valence-electron chi connectivity index (χ1n) is 4.88. The maximum absolute atomic E-state index is 13.4. The van der Waals surface area contributed by atoms with Crippen molar-refractivity contribution in [1.29, 1.82) is 0 Å². The molecule has 1 N–H and O–H groups in total. The molecule has 2 rings (SSSR count). The number of nitrogens with zero attached hydrogens (tertiary/aromatic N) is 1. The Hall–Kier alpha value is -1.46. The molecule has 17 heavy (non-hydrogen) atoms. The maximum atomic E-state index is 13.4. The smallest absolute Gasteiger partial charge is 0.219 e. The van der Waals surface area contributed by atoms with Crippen LogP contribution in [0.15, 0.2) is 41.0 Å². The molecule has 1 heterocycles. The van der Waals surface area contributed by atoms with E-state index in [-0.39, 0.29) is 18.2 Å². The Kier molecular flexibility index (Phi) is 3.71. The molecule has 0 spiro atoms.